The summed E-state index contributed by atoms with van der Waals surface area (Å²) in [5, 5.41) is 3.54. The minimum atomic E-state index is 0.334. The largest absolute Gasteiger partial charge is 0.454 e. The molecular weight excluding hydrogens is 250 g/mol. The van der Waals surface area contributed by atoms with Gasteiger partial charge in [-0.1, -0.05) is 36.4 Å². The van der Waals surface area contributed by atoms with Crippen molar-refractivity contribution in [3.63, 3.8) is 0 Å². The minimum absolute atomic E-state index is 0.334. The molecule has 0 spiro atoms. The quantitative estimate of drug-likeness (QED) is 0.904. The molecule has 0 saturated heterocycles. The van der Waals surface area contributed by atoms with Gasteiger partial charge in [-0.3, -0.25) is 0 Å². The van der Waals surface area contributed by atoms with Crippen LogP contribution in [-0.2, 0) is 13.0 Å². The Morgan fingerprint density at radius 1 is 1.00 bits per heavy atom. The van der Waals surface area contributed by atoms with Crippen molar-refractivity contribution >= 4 is 0 Å². The summed E-state index contributed by atoms with van der Waals surface area (Å²) < 4.78 is 10.7. The first-order chi connectivity index (χ1) is 9.81. The van der Waals surface area contributed by atoms with Crippen LogP contribution in [0, 0.1) is 0 Å². The van der Waals surface area contributed by atoms with Gasteiger partial charge in [0.15, 0.2) is 11.5 Å². The average molecular weight is 269 g/mol. The van der Waals surface area contributed by atoms with Crippen molar-refractivity contribution in [3.05, 3.63) is 59.7 Å². The number of ether oxygens (including phenoxy) is 2. The van der Waals surface area contributed by atoms with E-state index in [-0.39, 0.29) is 0 Å². The Morgan fingerprint density at radius 3 is 2.65 bits per heavy atom. The van der Waals surface area contributed by atoms with Crippen LogP contribution in [-0.4, -0.2) is 12.8 Å². The standard InChI is InChI=1S/C17H19NO2/c1-13(18-11-14-5-3-2-4-6-14)9-15-7-8-16-17(10-15)20-12-19-16/h2-8,10,13,18H,9,11-12H2,1H3/t13-/m0/s1. The summed E-state index contributed by atoms with van der Waals surface area (Å²) in [5.41, 5.74) is 2.58. The summed E-state index contributed by atoms with van der Waals surface area (Å²) in [6.45, 7) is 3.43. The van der Waals surface area contributed by atoms with Crippen LogP contribution in [0.2, 0.25) is 0 Å². The lowest BCUT2D eigenvalue weighted by Gasteiger charge is -2.14. The van der Waals surface area contributed by atoms with E-state index in [4.69, 9.17) is 9.47 Å². The zero-order chi connectivity index (χ0) is 13.8. The maximum absolute atomic E-state index is 5.41. The molecule has 0 amide bonds. The Kier molecular flexibility index (Phi) is 3.88. The van der Waals surface area contributed by atoms with E-state index in [2.05, 4.69) is 48.6 Å². The summed E-state index contributed by atoms with van der Waals surface area (Å²) in [4.78, 5) is 0. The molecule has 3 nitrogen and oxygen atoms in total. The average Bonchev–Trinajstić information content (AvgIpc) is 2.94. The molecule has 1 heterocycles. The Bertz CT molecular complexity index is 568. The highest BCUT2D eigenvalue weighted by atomic mass is 16.7. The minimum Gasteiger partial charge on any atom is -0.454 e. The van der Waals surface area contributed by atoms with Crippen molar-refractivity contribution in [2.75, 3.05) is 6.79 Å². The fourth-order valence-corrected chi connectivity index (χ4v) is 2.38. The van der Waals surface area contributed by atoms with Crippen LogP contribution in [0.15, 0.2) is 48.5 Å². The molecule has 0 aliphatic carbocycles. The number of benzene rings is 2. The van der Waals surface area contributed by atoms with Gasteiger partial charge in [0, 0.05) is 12.6 Å². The maximum atomic E-state index is 5.41. The second kappa shape index (κ2) is 5.97. The summed E-state index contributed by atoms with van der Waals surface area (Å²) >= 11 is 0. The molecule has 0 radical (unpaired) electrons. The maximum Gasteiger partial charge on any atom is 0.231 e. The third-order valence-corrected chi connectivity index (χ3v) is 3.48. The van der Waals surface area contributed by atoms with Crippen LogP contribution in [0.5, 0.6) is 11.5 Å². The third kappa shape index (κ3) is 3.11. The second-order valence-electron chi connectivity index (χ2n) is 5.16. The molecule has 20 heavy (non-hydrogen) atoms. The van der Waals surface area contributed by atoms with Crippen molar-refractivity contribution < 1.29 is 9.47 Å². The van der Waals surface area contributed by atoms with E-state index >= 15 is 0 Å². The van der Waals surface area contributed by atoms with Crippen LogP contribution >= 0.6 is 0 Å². The Balaban J connectivity index is 1.55. The van der Waals surface area contributed by atoms with Crippen LogP contribution in [0.4, 0.5) is 0 Å². The first-order valence-electron chi connectivity index (χ1n) is 6.97. The second-order valence-corrected chi connectivity index (χ2v) is 5.16. The van der Waals surface area contributed by atoms with Crippen LogP contribution in [0.3, 0.4) is 0 Å². The first kappa shape index (κ1) is 13.0. The SMILES string of the molecule is C[C@@H](Cc1ccc2c(c1)OCO2)NCc1ccccc1. The molecule has 0 fully saturated rings. The van der Waals surface area contributed by atoms with Crippen molar-refractivity contribution in [2.45, 2.75) is 25.9 Å². The van der Waals surface area contributed by atoms with Crippen molar-refractivity contribution in [1.82, 2.24) is 5.32 Å². The molecule has 104 valence electrons. The zero-order valence-corrected chi connectivity index (χ0v) is 11.6. The fourth-order valence-electron chi connectivity index (χ4n) is 2.38. The van der Waals surface area contributed by atoms with E-state index in [9.17, 15) is 0 Å². The molecule has 1 N–H and O–H groups in total. The molecule has 1 aliphatic heterocycles. The number of rotatable bonds is 5. The topological polar surface area (TPSA) is 30.5 Å². The first-order valence-corrected chi connectivity index (χ1v) is 6.97. The Labute approximate surface area is 119 Å². The smallest absolute Gasteiger partial charge is 0.231 e. The van der Waals surface area contributed by atoms with Gasteiger partial charge >= 0.3 is 0 Å². The highest BCUT2D eigenvalue weighted by molar-refractivity contribution is 5.44. The van der Waals surface area contributed by atoms with E-state index in [1.54, 1.807) is 0 Å². The summed E-state index contributed by atoms with van der Waals surface area (Å²) in [5.74, 6) is 1.71. The van der Waals surface area contributed by atoms with Gasteiger partial charge in [-0.25, -0.2) is 0 Å². The predicted octanol–water partition coefficient (Wildman–Crippen LogP) is 3.14. The molecule has 3 rings (SSSR count). The molecule has 1 aliphatic rings. The predicted molar refractivity (Wildman–Crippen MR) is 79.0 cm³/mol. The van der Waals surface area contributed by atoms with Gasteiger partial charge in [-0.05, 0) is 36.6 Å². The lowest BCUT2D eigenvalue weighted by atomic mass is 10.1. The lowest BCUT2D eigenvalue weighted by molar-refractivity contribution is 0.174. The van der Waals surface area contributed by atoms with Gasteiger partial charge in [-0.15, -0.1) is 0 Å². The number of hydrogen-bond acceptors (Lipinski definition) is 3. The van der Waals surface area contributed by atoms with E-state index in [0.717, 1.165) is 24.5 Å². The monoisotopic (exact) mass is 269 g/mol. The van der Waals surface area contributed by atoms with Gasteiger partial charge in [0.25, 0.3) is 0 Å². The number of fused-ring (bicyclic) bond motifs is 1. The van der Waals surface area contributed by atoms with Gasteiger partial charge in [-0.2, -0.15) is 0 Å². The summed E-state index contributed by atoms with van der Waals surface area (Å²) in [6, 6.07) is 17.0. The van der Waals surface area contributed by atoms with E-state index in [1.165, 1.54) is 11.1 Å². The van der Waals surface area contributed by atoms with E-state index < -0.39 is 0 Å². The highest BCUT2D eigenvalue weighted by Gasteiger charge is 2.14. The third-order valence-electron chi connectivity index (χ3n) is 3.48. The molecule has 2 aromatic rings. The molecular formula is C17H19NO2. The molecule has 0 bridgehead atoms. The van der Waals surface area contributed by atoms with Gasteiger partial charge in [0.05, 0.1) is 0 Å². The molecule has 2 aromatic carbocycles. The zero-order valence-electron chi connectivity index (χ0n) is 11.6. The highest BCUT2D eigenvalue weighted by Crippen LogP contribution is 2.32. The summed E-state index contributed by atoms with van der Waals surface area (Å²) in [6.07, 6.45) is 0.976. The molecule has 0 saturated carbocycles. The lowest BCUT2D eigenvalue weighted by Crippen LogP contribution is -2.27. The fraction of sp³-hybridized carbons (Fsp3) is 0.294. The molecule has 0 unspecified atom stereocenters. The Hall–Kier alpha value is -2.00. The van der Waals surface area contributed by atoms with E-state index in [1.807, 2.05) is 12.1 Å². The van der Waals surface area contributed by atoms with Crippen LogP contribution in [0.1, 0.15) is 18.1 Å². The van der Waals surface area contributed by atoms with Crippen LogP contribution < -0.4 is 14.8 Å². The summed E-state index contributed by atoms with van der Waals surface area (Å²) in [7, 11) is 0. The van der Waals surface area contributed by atoms with Crippen molar-refractivity contribution in [2.24, 2.45) is 0 Å². The molecule has 0 aromatic heterocycles. The number of nitrogens with one attached hydrogen (secondary N) is 1. The van der Waals surface area contributed by atoms with Gasteiger partial charge < -0.3 is 14.8 Å². The molecule has 3 heteroatoms. The van der Waals surface area contributed by atoms with Crippen molar-refractivity contribution in [1.29, 1.82) is 0 Å². The normalized spacial score (nSPS) is 14.2. The van der Waals surface area contributed by atoms with Crippen LogP contribution in [0.25, 0.3) is 0 Å². The Morgan fingerprint density at radius 2 is 1.80 bits per heavy atom. The molecule has 1 atom stereocenters. The van der Waals surface area contributed by atoms with Gasteiger partial charge in [0.1, 0.15) is 0 Å². The van der Waals surface area contributed by atoms with Gasteiger partial charge in [0.2, 0.25) is 6.79 Å². The number of hydrogen-bond donors (Lipinski definition) is 1. The van der Waals surface area contributed by atoms with Crippen molar-refractivity contribution in [3.8, 4) is 11.5 Å². The van der Waals surface area contributed by atoms with E-state index in [0.29, 0.717) is 12.8 Å².